The molecule has 0 spiro atoms. The Kier molecular flexibility index (Phi) is 9.25. The van der Waals surface area contributed by atoms with Crippen molar-refractivity contribution in [1.29, 1.82) is 0 Å². The van der Waals surface area contributed by atoms with Crippen LogP contribution < -0.4 is 0 Å². The van der Waals surface area contributed by atoms with Crippen LogP contribution in [0.1, 0.15) is 118 Å². The monoisotopic (exact) mass is 678 g/mol. The summed E-state index contributed by atoms with van der Waals surface area (Å²) in [6, 6.07) is 10.1. The smallest absolute Gasteiger partial charge is 0.313 e. The second kappa shape index (κ2) is 12.7. The molecule has 13 atom stereocenters. The molecule has 0 amide bonds. The summed E-state index contributed by atoms with van der Waals surface area (Å²) >= 11 is 0. The summed E-state index contributed by atoms with van der Waals surface area (Å²) in [6.07, 6.45) is 9.68. The summed E-state index contributed by atoms with van der Waals surface area (Å²) in [5.41, 5.74) is 2.70. The molecule has 0 aromatic heterocycles. The summed E-state index contributed by atoms with van der Waals surface area (Å²) in [5, 5.41) is 30.3. The van der Waals surface area contributed by atoms with Gasteiger partial charge in [0.1, 0.15) is 18.8 Å². The summed E-state index contributed by atoms with van der Waals surface area (Å²) in [6.45, 7) is 14.9. The van der Waals surface area contributed by atoms with Gasteiger partial charge in [0.15, 0.2) is 6.29 Å². The maximum atomic E-state index is 14.3. The van der Waals surface area contributed by atoms with Crippen LogP contribution in [0.3, 0.4) is 0 Å². The Hall–Kier alpha value is -1.77. The third-order valence-electron chi connectivity index (χ3n) is 15.8. The molecule has 0 radical (unpaired) electrons. The first-order valence-electron chi connectivity index (χ1n) is 19.4. The first-order valence-corrected chi connectivity index (χ1v) is 19.4. The number of aliphatic hydroxyl groups is 3. The van der Waals surface area contributed by atoms with Gasteiger partial charge in [-0.2, -0.15) is 0 Å². The van der Waals surface area contributed by atoms with Crippen molar-refractivity contribution in [2.24, 2.45) is 50.7 Å². The molecule has 2 unspecified atom stereocenters. The zero-order valence-corrected chi connectivity index (χ0v) is 30.8. The molecule has 4 saturated carbocycles. The molecule has 49 heavy (non-hydrogen) atoms. The zero-order valence-electron chi connectivity index (χ0n) is 30.8. The normalized spacial score (nSPS) is 47.4. The molecule has 1 aromatic carbocycles. The summed E-state index contributed by atoms with van der Waals surface area (Å²) in [7, 11) is 0. The quantitative estimate of drug-likeness (QED) is 0.164. The Morgan fingerprint density at radius 3 is 2.43 bits per heavy atom. The molecule has 7 rings (SSSR count). The van der Waals surface area contributed by atoms with Crippen LogP contribution in [-0.4, -0.2) is 58.6 Å². The van der Waals surface area contributed by atoms with Gasteiger partial charge >= 0.3 is 5.97 Å². The van der Waals surface area contributed by atoms with E-state index in [1.54, 1.807) is 5.57 Å². The summed E-state index contributed by atoms with van der Waals surface area (Å²) < 4.78 is 18.7. The van der Waals surface area contributed by atoms with Gasteiger partial charge in [-0.05, 0) is 115 Å². The van der Waals surface area contributed by atoms with Crippen LogP contribution in [0.25, 0.3) is 0 Å². The van der Waals surface area contributed by atoms with Gasteiger partial charge in [-0.3, -0.25) is 4.79 Å². The number of carbonyl (C=O) groups is 1. The maximum Gasteiger partial charge on any atom is 0.313 e. The van der Waals surface area contributed by atoms with Crippen LogP contribution in [0.2, 0.25) is 0 Å². The number of fused-ring (bicyclic) bond motifs is 7. The highest BCUT2D eigenvalue weighted by atomic mass is 16.7. The Bertz CT molecular complexity index is 1410. The van der Waals surface area contributed by atoms with Crippen molar-refractivity contribution < 1.29 is 34.3 Å². The first kappa shape index (κ1) is 35.6. The van der Waals surface area contributed by atoms with Gasteiger partial charge in [0, 0.05) is 6.42 Å². The number of benzene rings is 1. The standard InChI is InChI=1S/C42H62O7/c1-26-28-14-17-41(6)34(39(28,4)16-15-32(26)48-35-22-31(44)36(45)33(24-43)49-35)13-12-29-30-23-38(2,3)18-20-42(30,21-19-40(29,41)5)37(46)47-25-27-10-8-7-9-11-27/h7-12,26,28,30-36,43-45H,13-25H2,1-6H3/t26-,28?,30+,31-,32+,33-,34?,35-,36+,39+,40-,41-,42+/m1/s1. The fourth-order valence-electron chi connectivity index (χ4n) is 12.6. The van der Waals surface area contributed by atoms with Crippen molar-refractivity contribution >= 4 is 5.97 Å². The number of ether oxygens (including phenoxy) is 3. The van der Waals surface area contributed by atoms with Crippen LogP contribution >= 0.6 is 0 Å². The number of esters is 1. The minimum absolute atomic E-state index is 0.0150. The molecule has 272 valence electrons. The lowest BCUT2D eigenvalue weighted by atomic mass is 9.34. The van der Waals surface area contributed by atoms with E-state index in [2.05, 4.69) is 47.6 Å². The van der Waals surface area contributed by atoms with Gasteiger partial charge in [-0.15, -0.1) is 0 Å². The summed E-state index contributed by atoms with van der Waals surface area (Å²) in [5.74, 6) is 1.63. The van der Waals surface area contributed by atoms with Gasteiger partial charge in [-0.25, -0.2) is 0 Å². The van der Waals surface area contributed by atoms with Crippen molar-refractivity contribution in [2.75, 3.05) is 6.61 Å². The van der Waals surface area contributed by atoms with Crippen LogP contribution in [-0.2, 0) is 25.6 Å². The number of rotatable bonds is 6. The van der Waals surface area contributed by atoms with E-state index in [1.165, 1.54) is 6.42 Å². The predicted molar refractivity (Wildman–Crippen MR) is 188 cm³/mol. The molecule has 1 saturated heterocycles. The summed E-state index contributed by atoms with van der Waals surface area (Å²) in [4.78, 5) is 14.3. The van der Waals surface area contributed by atoms with E-state index in [-0.39, 0.29) is 52.7 Å². The predicted octanol–water partition coefficient (Wildman–Crippen LogP) is 7.36. The Labute approximate surface area is 294 Å². The SMILES string of the molecule is C[C@@H]1C2CC[C@]3(C)C(CC=C4[C@@H]5CC(C)(C)CC[C@]5(C(=O)OCc5ccccc5)CC[C@]43C)[C@@]2(C)CC[C@@H]1O[C@H]1C[C@@H](O)[C@H](O)[C@@H](CO)O1. The maximum absolute atomic E-state index is 14.3. The minimum atomic E-state index is -1.09. The van der Waals surface area contributed by atoms with Crippen molar-refractivity contribution in [1.82, 2.24) is 0 Å². The topological polar surface area (TPSA) is 105 Å². The van der Waals surface area contributed by atoms with Crippen molar-refractivity contribution in [3.8, 4) is 0 Å². The third kappa shape index (κ3) is 5.68. The lowest BCUT2D eigenvalue weighted by molar-refractivity contribution is -0.285. The Morgan fingerprint density at radius 2 is 1.69 bits per heavy atom. The molecule has 5 aliphatic carbocycles. The molecule has 1 aromatic rings. The highest BCUT2D eigenvalue weighted by Crippen LogP contribution is 2.75. The van der Waals surface area contributed by atoms with E-state index >= 15 is 0 Å². The van der Waals surface area contributed by atoms with Gasteiger partial charge in [0.05, 0.1) is 24.2 Å². The molecule has 6 aliphatic rings. The number of allylic oxidation sites excluding steroid dienone is 2. The molecule has 5 fully saturated rings. The third-order valence-corrected chi connectivity index (χ3v) is 15.8. The van der Waals surface area contributed by atoms with Crippen LogP contribution in [0.5, 0.6) is 0 Å². The first-order chi connectivity index (χ1) is 23.2. The average Bonchev–Trinajstić information content (AvgIpc) is 3.07. The van der Waals surface area contributed by atoms with Crippen LogP contribution in [0.4, 0.5) is 0 Å². The van der Waals surface area contributed by atoms with E-state index in [9.17, 15) is 20.1 Å². The lowest BCUT2D eigenvalue weighted by Crippen LogP contribution is -2.64. The van der Waals surface area contributed by atoms with E-state index in [0.717, 1.165) is 63.4 Å². The molecular formula is C42H62O7. The molecule has 1 aliphatic heterocycles. The number of hydrogen-bond acceptors (Lipinski definition) is 7. The second-order valence-electron chi connectivity index (χ2n) is 18.6. The molecule has 1 heterocycles. The lowest BCUT2D eigenvalue weighted by Gasteiger charge is -2.70. The molecule has 0 bridgehead atoms. The van der Waals surface area contributed by atoms with Crippen molar-refractivity contribution in [2.45, 2.75) is 149 Å². The van der Waals surface area contributed by atoms with Crippen LogP contribution in [0.15, 0.2) is 42.0 Å². The minimum Gasteiger partial charge on any atom is -0.460 e. The highest BCUT2D eigenvalue weighted by Gasteiger charge is 2.68. The number of carbonyl (C=O) groups excluding carboxylic acids is 1. The van der Waals surface area contributed by atoms with E-state index in [1.807, 2.05) is 30.3 Å². The fourth-order valence-corrected chi connectivity index (χ4v) is 12.6. The second-order valence-corrected chi connectivity index (χ2v) is 18.6. The van der Waals surface area contributed by atoms with Gasteiger partial charge in [0.2, 0.25) is 0 Å². The zero-order chi connectivity index (χ0) is 35.0. The van der Waals surface area contributed by atoms with Crippen molar-refractivity contribution in [3.05, 3.63) is 47.5 Å². The van der Waals surface area contributed by atoms with E-state index < -0.39 is 30.0 Å². The molecule has 7 nitrogen and oxygen atoms in total. The number of aliphatic hydroxyl groups excluding tert-OH is 3. The van der Waals surface area contributed by atoms with Crippen LogP contribution in [0, 0.1) is 50.7 Å². The van der Waals surface area contributed by atoms with Crippen molar-refractivity contribution in [3.63, 3.8) is 0 Å². The van der Waals surface area contributed by atoms with E-state index in [4.69, 9.17) is 14.2 Å². The average molecular weight is 679 g/mol. The molecule has 3 N–H and O–H groups in total. The van der Waals surface area contributed by atoms with Gasteiger partial charge in [-0.1, -0.05) is 83.5 Å². The molecular weight excluding hydrogens is 616 g/mol. The van der Waals surface area contributed by atoms with Gasteiger partial charge < -0.3 is 29.5 Å². The Morgan fingerprint density at radius 1 is 0.959 bits per heavy atom. The fraction of sp³-hybridized carbons (Fsp3) is 0.786. The van der Waals surface area contributed by atoms with Gasteiger partial charge in [0.25, 0.3) is 0 Å². The largest absolute Gasteiger partial charge is 0.460 e. The number of hydrogen-bond donors (Lipinski definition) is 3. The highest BCUT2D eigenvalue weighted by molar-refractivity contribution is 5.79. The van der Waals surface area contributed by atoms with E-state index in [0.29, 0.717) is 24.4 Å². The Balaban J connectivity index is 1.13. The molecule has 7 heteroatoms.